The number of carbonyl (C=O) groups is 1. The Kier molecular flexibility index (Phi) is 4.66. The van der Waals surface area contributed by atoms with Crippen molar-refractivity contribution >= 4 is 5.91 Å². The summed E-state index contributed by atoms with van der Waals surface area (Å²) in [5.74, 6) is 0.787. The second-order valence-electron chi connectivity index (χ2n) is 4.35. The highest BCUT2D eigenvalue weighted by atomic mass is 16.5. The van der Waals surface area contributed by atoms with Crippen molar-refractivity contribution in [3.05, 3.63) is 53.6 Å². The highest BCUT2D eigenvalue weighted by Gasteiger charge is 2.13. The third-order valence-electron chi connectivity index (χ3n) is 3.07. The number of aromatic hydroxyl groups is 1. The van der Waals surface area contributed by atoms with Crippen LogP contribution in [0.5, 0.6) is 17.2 Å². The minimum absolute atomic E-state index is 0.0485. The van der Waals surface area contributed by atoms with Gasteiger partial charge in [-0.05, 0) is 18.2 Å². The summed E-state index contributed by atoms with van der Waals surface area (Å²) in [4.78, 5) is 12.0. The van der Waals surface area contributed by atoms with Gasteiger partial charge in [0.2, 0.25) is 0 Å². The fourth-order valence-corrected chi connectivity index (χ4v) is 2.03. The molecule has 0 fully saturated rings. The Morgan fingerprint density at radius 2 is 1.86 bits per heavy atom. The number of benzene rings is 2. The quantitative estimate of drug-likeness (QED) is 0.885. The van der Waals surface area contributed by atoms with Gasteiger partial charge in [0.05, 0.1) is 19.8 Å². The molecule has 0 aliphatic heterocycles. The van der Waals surface area contributed by atoms with Crippen LogP contribution in [0.1, 0.15) is 15.9 Å². The van der Waals surface area contributed by atoms with Crippen LogP contribution in [0.2, 0.25) is 0 Å². The van der Waals surface area contributed by atoms with E-state index < -0.39 is 0 Å². The molecule has 0 unspecified atom stereocenters. The maximum absolute atomic E-state index is 12.0. The first-order chi connectivity index (χ1) is 10.2. The van der Waals surface area contributed by atoms with Crippen molar-refractivity contribution < 1.29 is 19.4 Å². The summed E-state index contributed by atoms with van der Waals surface area (Å²) in [6.07, 6.45) is 0. The maximum atomic E-state index is 12.0. The maximum Gasteiger partial charge on any atom is 0.255 e. The van der Waals surface area contributed by atoms with Gasteiger partial charge in [-0.1, -0.05) is 24.3 Å². The predicted octanol–water partition coefficient (Wildman–Crippen LogP) is 2.34. The third kappa shape index (κ3) is 3.25. The van der Waals surface area contributed by atoms with E-state index in [0.29, 0.717) is 11.5 Å². The number of amides is 1. The molecule has 0 saturated heterocycles. The molecule has 0 aliphatic rings. The van der Waals surface area contributed by atoms with Gasteiger partial charge in [0, 0.05) is 12.1 Å². The fourth-order valence-electron chi connectivity index (χ4n) is 2.03. The van der Waals surface area contributed by atoms with Crippen LogP contribution in [0.25, 0.3) is 0 Å². The molecule has 2 aromatic carbocycles. The summed E-state index contributed by atoms with van der Waals surface area (Å²) in [6, 6.07) is 11.8. The monoisotopic (exact) mass is 287 g/mol. The Bertz CT molecular complexity index is 640. The molecule has 0 atom stereocenters. The molecule has 0 heterocycles. The molecular formula is C16H17NO4. The van der Waals surface area contributed by atoms with E-state index >= 15 is 0 Å². The van der Waals surface area contributed by atoms with E-state index in [4.69, 9.17) is 9.47 Å². The summed E-state index contributed by atoms with van der Waals surface area (Å²) < 4.78 is 10.5. The van der Waals surface area contributed by atoms with Crippen LogP contribution in [0.3, 0.4) is 0 Å². The van der Waals surface area contributed by atoms with Crippen LogP contribution in [0.4, 0.5) is 0 Å². The minimum Gasteiger partial charge on any atom is -0.507 e. The molecule has 0 saturated carbocycles. The molecule has 2 rings (SSSR count). The Labute approximate surface area is 123 Å². The van der Waals surface area contributed by atoms with Gasteiger partial charge in [-0.15, -0.1) is 0 Å². The summed E-state index contributed by atoms with van der Waals surface area (Å²) >= 11 is 0. The van der Waals surface area contributed by atoms with Gasteiger partial charge in [0.25, 0.3) is 5.91 Å². The zero-order valence-electron chi connectivity index (χ0n) is 11.9. The highest BCUT2D eigenvalue weighted by molar-refractivity contribution is 5.96. The van der Waals surface area contributed by atoms with E-state index in [1.165, 1.54) is 6.07 Å². The van der Waals surface area contributed by atoms with Gasteiger partial charge in [0.15, 0.2) is 11.5 Å². The number of para-hydroxylation sites is 2. The SMILES string of the molecule is COc1cccc(CNC(=O)c2ccccc2O)c1OC. The normalized spacial score (nSPS) is 10.0. The molecule has 1 amide bonds. The van der Waals surface area contributed by atoms with Crippen molar-refractivity contribution in [2.24, 2.45) is 0 Å². The second kappa shape index (κ2) is 6.65. The summed E-state index contributed by atoms with van der Waals surface area (Å²) in [5, 5.41) is 12.4. The van der Waals surface area contributed by atoms with Gasteiger partial charge in [-0.25, -0.2) is 0 Å². The standard InChI is InChI=1S/C16H17NO4/c1-20-14-9-5-6-11(15(14)21-2)10-17-16(19)12-7-3-4-8-13(12)18/h3-9,18H,10H2,1-2H3,(H,17,19). The Balaban J connectivity index is 2.14. The topological polar surface area (TPSA) is 67.8 Å². The van der Waals surface area contributed by atoms with E-state index in [1.54, 1.807) is 38.5 Å². The lowest BCUT2D eigenvalue weighted by atomic mass is 10.1. The Morgan fingerprint density at radius 1 is 1.10 bits per heavy atom. The lowest BCUT2D eigenvalue weighted by Crippen LogP contribution is -2.23. The van der Waals surface area contributed by atoms with Crippen LogP contribution in [0.15, 0.2) is 42.5 Å². The van der Waals surface area contributed by atoms with Crippen LogP contribution in [-0.2, 0) is 6.54 Å². The Hall–Kier alpha value is -2.69. The molecule has 5 heteroatoms. The zero-order chi connectivity index (χ0) is 15.2. The van der Waals surface area contributed by atoms with Gasteiger partial charge in [-0.3, -0.25) is 4.79 Å². The molecule has 110 valence electrons. The summed E-state index contributed by atoms with van der Waals surface area (Å²) in [6.45, 7) is 0.271. The van der Waals surface area contributed by atoms with E-state index in [-0.39, 0.29) is 23.8 Å². The molecule has 0 spiro atoms. The van der Waals surface area contributed by atoms with Crippen molar-refractivity contribution in [2.45, 2.75) is 6.54 Å². The number of methoxy groups -OCH3 is 2. The van der Waals surface area contributed by atoms with E-state index in [1.807, 2.05) is 12.1 Å². The van der Waals surface area contributed by atoms with Gasteiger partial charge in [0.1, 0.15) is 5.75 Å². The number of ether oxygens (including phenoxy) is 2. The predicted molar refractivity (Wildman–Crippen MR) is 78.8 cm³/mol. The molecule has 2 aromatic rings. The molecule has 5 nitrogen and oxygen atoms in total. The van der Waals surface area contributed by atoms with E-state index in [0.717, 1.165) is 5.56 Å². The molecule has 21 heavy (non-hydrogen) atoms. The van der Waals surface area contributed by atoms with Crippen molar-refractivity contribution in [3.63, 3.8) is 0 Å². The van der Waals surface area contributed by atoms with Crippen LogP contribution >= 0.6 is 0 Å². The summed E-state index contributed by atoms with van der Waals surface area (Å²) in [5.41, 5.74) is 1.03. The molecular weight excluding hydrogens is 270 g/mol. The average Bonchev–Trinajstić information content (AvgIpc) is 2.52. The number of hydrogen-bond acceptors (Lipinski definition) is 4. The number of phenols is 1. The lowest BCUT2D eigenvalue weighted by molar-refractivity contribution is 0.0948. The van der Waals surface area contributed by atoms with Gasteiger partial charge in [-0.2, -0.15) is 0 Å². The van der Waals surface area contributed by atoms with Crippen molar-refractivity contribution in [3.8, 4) is 17.2 Å². The first-order valence-electron chi connectivity index (χ1n) is 6.43. The number of rotatable bonds is 5. The smallest absolute Gasteiger partial charge is 0.255 e. The summed E-state index contributed by atoms with van der Waals surface area (Å²) in [7, 11) is 3.11. The molecule has 0 aliphatic carbocycles. The molecule has 0 aromatic heterocycles. The minimum atomic E-state index is -0.349. The third-order valence-corrected chi connectivity index (χ3v) is 3.07. The molecule has 2 N–H and O–H groups in total. The first-order valence-corrected chi connectivity index (χ1v) is 6.43. The van der Waals surface area contributed by atoms with Crippen molar-refractivity contribution in [1.82, 2.24) is 5.32 Å². The number of nitrogens with one attached hydrogen (secondary N) is 1. The first kappa shape index (κ1) is 14.7. The lowest BCUT2D eigenvalue weighted by Gasteiger charge is -2.13. The van der Waals surface area contributed by atoms with Gasteiger partial charge >= 0.3 is 0 Å². The number of phenolic OH excluding ortho intramolecular Hbond substituents is 1. The van der Waals surface area contributed by atoms with Crippen LogP contribution < -0.4 is 14.8 Å². The van der Waals surface area contributed by atoms with Crippen LogP contribution in [0, 0.1) is 0 Å². The van der Waals surface area contributed by atoms with Crippen molar-refractivity contribution in [1.29, 1.82) is 0 Å². The van der Waals surface area contributed by atoms with Crippen molar-refractivity contribution in [2.75, 3.05) is 14.2 Å². The Morgan fingerprint density at radius 3 is 2.52 bits per heavy atom. The molecule has 0 radical (unpaired) electrons. The number of hydrogen-bond donors (Lipinski definition) is 2. The largest absolute Gasteiger partial charge is 0.507 e. The van der Waals surface area contributed by atoms with E-state index in [2.05, 4.69) is 5.32 Å². The average molecular weight is 287 g/mol. The van der Waals surface area contributed by atoms with Gasteiger partial charge < -0.3 is 19.9 Å². The van der Waals surface area contributed by atoms with Crippen LogP contribution in [-0.4, -0.2) is 25.2 Å². The second-order valence-corrected chi connectivity index (χ2v) is 4.35. The van der Waals surface area contributed by atoms with E-state index in [9.17, 15) is 9.90 Å². The zero-order valence-corrected chi connectivity index (χ0v) is 11.9. The number of carbonyl (C=O) groups excluding carboxylic acids is 1. The highest BCUT2D eigenvalue weighted by Crippen LogP contribution is 2.30. The molecule has 0 bridgehead atoms. The fraction of sp³-hybridized carbons (Fsp3) is 0.188.